The molecule has 3 rings (SSSR count). The van der Waals surface area contributed by atoms with Crippen molar-refractivity contribution in [3.05, 3.63) is 59.7 Å². The van der Waals surface area contributed by atoms with Gasteiger partial charge in [-0.3, -0.25) is 9.59 Å². The molecule has 1 unspecified atom stereocenters. The standard InChI is InChI=1S/C20H18F2N4O3S/c1-11(12-7-8-16(29-2)14(22)9-12)24-25-20(23)30-17-10-18(27)26(19(17)28)15-6-4-3-5-13(15)21/h3-9,17H,10H2,1-2H3,(H2,23,25). The number of hydrogen-bond donors (Lipinski definition) is 1. The summed E-state index contributed by atoms with van der Waals surface area (Å²) in [5.74, 6) is -2.21. The summed E-state index contributed by atoms with van der Waals surface area (Å²) in [4.78, 5) is 25.6. The van der Waals surface area contributed by atoms with E-state index in [-0.39, 0.29) is 23.0 Å². The number of halogens is 2. The number of carbonyl (C=O) groups is 2. The molecular formula is C20H18F2N4O3S. The van der Waals surface area contributed by atoms with Gasteiger partial charge in [-0.1, -0.05) is 23.9 Å². The fraction of sp³-hybridized carbons (Fsp3) is 0.200. The van der Waals surface area contributed by atoms with Crippen molar-refractivity contribution in [3.8, 4) is 5.75 Å². The molecule has 2 amide bonds. The molecule has 1 atom stereocenters. The summed E-state index contributed by atoms with van der Waals surface area (Å²) in [6.07, 6.45) is -0.138. The number of ether oxygens (including phenoxy) is 1. The normalized spacial score (nSPS) is 17.6. The SMILES string of the molecule is COc1ccc(C(C)=NN=C(N)SC2CC(=O)N(c3ccccc3F)C2=O)cc1F. The van der Waals surface area contributed by atoms with Crippen LogP contribution in [0.4, 0.5) is 14.5 Å². The molecule has 0 bridgehead atoms. The lowest BCUT2D eigenvalue weighted by atomic mass is 10.1. The highest BCUT2D eigenvalue weighted by Gasteiger charge is 2.41. The summed E-state index contributed by atoms with van der Waals surface area (Å²) >= 11 is 0.862. The van der Waals surface area contributed by atoms with Crippen molar-refractivity contribution in [3.63, 3.8) is 0 Å². The van der Waals surface area contributed by atoms with Gasteiger partial charge in [-0.05, 0) is 37.3 Å². The molecule has 2 aromatic carbocycles. The van der Waals surface area contributed by atoms with Crippen LogP contribution in [0.25, 0.3) is 0 Å². The molecule has 1 heterocycles. The number of benzene rings is 2. The Labute approximate surface area is 175 Å². The van der Waals surface area contributed by atoms with Crippen molar-refractivity contribution in [2.45, 2.75) is 18.6 Å². The van der Waals surface area contributed by atoms with Gasteiger partial charge in [0.1, 0.15) is 11.1 Å². The molecule has 1 saturated heterocycles. The first-order chi connectivity index (χ1) is 14.3. The van der Waals surface area contributed by atoms with Gasteiger partial charge in [0, 0.05) is 12.0 Å². The molecular weight excluding hydrogens is 414 g/mol. The average Bonchev–Trinajstić information content (AvgIpc) is 2.99. The topological polar surface area (TPSA) is 97.3 Å². The summed E-state index contributed by atoms with van der Waals surface area (Å²) in [6, 6.07) is 9.87. The number of rotatable bonds is 5. The molecule has 0 aromatic heterocycles. The molecule has 7 nitrogen and oxygen atoms in total. The van der Waals surface area contributed by atoms with Crippen LogP contribution in [0.5, 0.6) is 5.75 Å². The third-order valence-corrected chi connectivity index (χ3v) is 5.31. The van der Waals surface area contributed by atoms with Gasteiger partial charge < -0.3 is 10.5 Å². The van der Waals surface area contributed by atoms with Crippen LogP contribution in [-0.2, 0) is 9.59 Å². The number of carbonyl (C=O) groups excluding carboxylic acids is 2. The number of amidine groups is 1. The van der Waals surface area contributed by atoms with E-state index in [9.17, 15) is 18.4 Å². The molecule has 2 aromatic rings. The minimum absolute atomic E-state index is 0.0510. The summed E-state index contributed by atoms with van der Waals surface area (Å²) < 4.78 is 32.7. The second-order valence-corrected chi connectivity index (χ2v) is 7.53. The summed E-state index contributed by atoms with van der Waals surface area (Å²) in [7, 11) is 1.36. The van der Waals surface area contributed by atoms with Crippen LogP contribution in [0.15, 0.2) is 52.7 Å². The van der Waals surface area contributed by atoms with E-state index in [0.29, 0.717) is 11.3 Å². The monoisotopic (exact) mass is 432 g/mol. The smallest absolute Gasteiger partial charge is 0.247 e. The minimum Gasteiger partial charge on any atom is -0.494 e. The predicted octanol–water partition coefficient (Wildman–Crippen LogP) is 3.08. The molecule has 10 heteroatoms. The first-order valence-electron chi connectivity index (χ1n) is 8.81. The Morgan fingerprint density at radius 1 is 1.17 bits per heavy atom. The lowest BCUT2D eigenvalue weighted by Crippen LogP contribution is -2.32. The highest BCUT2D eigenvalue weighted by atomic mass is 32.2. The Morgan fingerprint density at radius 2 is 1.90 bits per heavy atom. The van der Waals surface area contributed by atoms with Gasteiger partial charge in [-0.2, -0.15) is 5.10 Å². The van der Waals surface area contributed by atoms with E-state index < -0.39 is 28.7 Å². The number of amides is 2. The zero-order chi connectivity index (χ0) is 21.8. The van der Waals surface area contributed by atoms with Crippen molar-refractivity contribution >= 4 is 40.1 Å². The third-order valence-electron chi connectivity index (χ3n) is 4.33. The number of thioether (sulfide) groups is 1. The number of hydrogen-bond acceptors (Lipinski definition) is 6. The highest BCUT2D eigenvalue weighted by molar-refractivity contribution is 8.14. The molecule has 0 radical (unpaired) electrons. The van der Waals surface area contributed by atoms with E-state index in [1.807, 2.05) is 0 Å². The zero-order valence-electron chi connectivity index (χ0n) is 16.1. The van der Waals surface area contributed by atoms with E-state index in [1.54, 1.807) is 13.0 Å². The first kappa shape index (κ1) is 21.4. The lowest BCUT2D eigenvalue weighted by molar-refractivity contribution is -0.121. The molecule has 30 heavy (non-hydrogen) atoms. The van der Waals surface area contributed by atoms with E-state index >= 15 is 0 Å². The average molecular weight is 432 g/mol. The Bertz CT molecular complexity index is 1060. The summed E-state index contributed by atoms with van der Waals surface area (Å²) in [6.45, 7) is 1.62. The maximum atomic E-state index is 14.0. The van der Waals surface area contributed by atoms with E-state index in [1.165, 1.54) is 43.5 Å². The molecule has 1 aliphatic heterocycles. The van der Waals surface area contributed by atoms with E-state index in [0.717, 1.165) is 16.7 Å². The number of nitrogens with zero attached hydrogens (tertiary/aromatic N) is 3. The molecule has 0 saturated carbocycles. The van der Waals surface area contributed by atoms with E-state index in [2.05, 4.69) is 10.2 Å². The molecule has 2 N–H and O–H groups in total. The van der Waals surface area contributed by atoms with Crippen LogP contribution >= 0.6 is 11.8 Å². The van der Waals surface area contributed by atoms with Crippen molar-refractivity contribution in [2.24, 2.45) is 15.9 Å². The van der Waals surface area contributed by atoms with Crippen molar-refractivity contribution in [2.75, 3.05) is 12.0 Å². The second kappa shape index (κ2) is 9.04. The first-order valence-corrected chi connectivity index (χ1v) is 9.69. The fourth-order valence-electron chi connectivity index (χ4n) is 2.83. The fourth-order valence-corrected chi connectivity index (χ4v) is 3.64. The Kier molecular flexibility index (Phi) is 6.46. The second-order valence-electron chi connectivity index (χ2n) is 6.30. The van der Waals surface area contributed by atoms with Crippen LogP contribution in [-0.4, -0.2) is 35.1 Å². The van der Waals surface area contributed by atoms with Crippen molar-refractivity contribution < 1.29 is 23.1 Å². The quantitative estimate of drug-likeness (QED) is 0.339. The Hall–Kier alpha value is -3.27. The number of methoxy groups -OCH3 is 1. The van der Waals surface area contributed by atoms with Crippen LogP contribution in [0, 0.1) is 11.6 Å². The van der Waals surface area contributed by atoms with Gasteiger partial charge in [-0.25, -0.2) is 13.7 Å². The van der Waals surface area contributed by atoms with Crippen molar-refractivity contribution in [1.29, 1.82) is 0 Å². The predicted molar refractivity (Wildman–Crippen MR) is 112 cm³/mol. The van der Waals surface area contributed by atoms with Crippen LogP contribution in [0.1, 0.15) is 18.9 Å². The summed E-state index contributed by atoms with van der Waals surface area (Å²) in [5.41, 5.74) is 6.61. The zero-order valence-corrected chi connectivity index (χ0v) is 17.0. The van der Waals surface area contributed by atoms with Crippen LogP contribution in [0.2, 0.25) is 0 Å². The maximum Gasteiger partial charge on any atom is 0.247 e. The molecule has 1 fully saturated rings. The highest BCUT2D eigenvalue weighted by Crippen LogP contribution is 2.31. The molecule has 1 aliphatic rings. The van der Waals surface area contributed by atoms with Gasteiger partial charge in [0.15, 0.2) is 16.7 Å². The number of anilines is 1. The number of nitrogens with two attached hydrogens (primary N) is 1. The van der Waals surface area contributed by atoms with Gasteiger partial charge in [0.2, 0.25) is 11.8 Å². The largest absolute Gasteiger partial charge is 0.494 e. The van der Waals surface area contributed by atoms with Gasteiger partial charge in [-0.15, -0.1) is 5.10 Å². The summed E-state index contributed by atoms with van der Waals surface area (Å²) in [5, 5.41) is 6.91. The van der Waals surface area contributed by atoms with E-state index in [4.69, 9.17) is 10.5 Å². The van der Waals surface area contributed by atoms with Crippen LogP contribution < -0.4 is 15.4 Å². The number of para-hydroxylation sites is 1. The maximum absolute atomic E-state index is 14.0. The van der Waals surface area contributed by atoms with Gasteiger partial charge >= 0.3 is 0 Å². The number of imide groups is 1. The molecule has 156 valence electrons. The molecule has 0 spiro atoms. The van der Waals surface area contributed by atoms with Gasteiger partial charge in [0.05, 0.1) is 18.5 Å². The van der Waals surface area contributed by atoms with Crippen molar-refractivity contribution in [1.82, 2.24) is 0 Å². The Balaban J connectivity index is 1.72. The van der Waals surface area contributed by atoms with Gasteiger partial charge in [0.25, 0.3) is 0 Å². The molecule has 0 aliphatic carbocycles. The lowest BCUT2D eigenvalue weighted by Gasteiger charge is -2.15. The Morgan fingerprint density at radius 3 is 2.57 bits per heavy atom. The third kappa shape index (κ3) is 4.48. The van der Waals surface area contributed by atoms with Crippen LogP contribution in [0.3, 0.4) is 0 Å². The minimum atomic E-state index is -0.838.